The van der Waals surface area contributed by atoms with Crippen LogP contribution in [0.1, 0.15) is 38.5 Å². The van der Waals surface area contributed by atoms with Gasteiger partial charge in [-0.2, -0.15) is 0 Å². The molecule has 2 aliphatic carbocycles. The van der Waals surface area contributed by atoms with E-state index in [1.807, 2.05) is 0 Å². The zero-order valence-corrected chi connectivity index (χ0v) is 15.7. The lowest BCUT2D eigenvalue weighted by Crippen LogP contribution is -2.59. The zero-order valence-electron chi connectivity index (χ0n) is 14.1. The number of piperidine rings is 1. The Morgan fingerprint density at radius 3 is 2.08 bits per heavy atom. The third-order valence-corrected chi connectivity index (χ3v) is 9.93. The van der Waals surface area contributed by atoms with Crippen LogP contribution in [-0.2, 0) is 20.0 Å². The molecule has 1 spiro atoms. The Morgan fingerprint density at radius 2 is 1.56 bits per heavy atom. The number of sulfonamides is 2. The molecule has 1 aromatic rings. The highest BCUT2D eigenvalue weighted by molar-refractivity contribution is 7.90. The van der Waals surface area contributed by atoms with E-state index in [0.29, 0.717) is 13.1 Å². The van der Waals surface area contributed by atoms with Gasteiger partial charge in [-0.05, 0) is 56.1 Å². The van der Waals surface area contributed by atoms with Gasteiger partial charge in [-0.3, -0.25) is 0 Å². The van der Waals surface area contributed by atoms with Crippen LogP contribution in [0.25, 0.3) is 0 Å². The van der Waals surface area contributed by atoms with E-state index in [1.165, 1.54) is 0 Å². The molecule has 1 N–H and O–H groups in total. The van der Waals surface area contributed by atoms with Gasteiger partial charge in [0.1, 0.15) is 0 Å². The topological polar surface area (TPSA) is 83.6 Å². The van der Waals surface area contributed by atoms with E-state index in [2.05, 4.69) is 4.72 Å². The van der Waals surface area contributed by atoms with Gasteiger partial charge in [-0.1, -0.05) is 18.2 Å². The molecule has 1 saturated heterocycles. The smallest absolute Gasteiger partial charge is 0.212 e. The summed E-state index contributed by atoms with van der Waals surface area (Å²) in [6.45, 7) is 1.03. The van der Waals surface area contributed by atoms with Crippen molar-refractivity contribution in [3.8, 4) is 0 Å². The summed E-state index contributed by atoms with van der Waals surface area (Å²) in [4.78, 5) is 0.283. The normalized spacial score (nSPS) is 27.1. The van der Waals surface area contributed by atoms with Crippen LogP contribution in [0.5, 0.6) is 0 Å². The lowest BCUT2D eigenvalue weighted by Gasteiger charge is -2.53. The molecule has 1 unspecified atom stereocenters. The molecule has 3 aliphatic rings. The van der Waals surface area contributed by atoms with Crippen molar-refractivity contribution in [2.45, 2.75) is 54.7 Å². The van der Waals surface area contributed by atoms with E-state index in [1.54, 1.807) is 34.6 Å². The average Bonchev–Trinajstić information content (AvgIpc) is 3.45. The SMILES string of the molecule is O=S(=O)(NC1CCC12CCN(S(=O)(=O)C1CC1)CC2)c1ccccc1. The third kappa shape index (κ3) is 3.13. The fourth-order valence-electron chi connectivity index (χ4n) is 4.10. The summed E-state index contributed by atoms with van der Waals surface area (Å²) >= 11 is 0. The Morgan fingerprint density at radius 1 is 0.920 bits per heavy atom. The Hall–Kier alpha value is -0.960. The number of nitrogens with zero attached hydrogens (tertiary/aromatic N) is 1. The highest BCUT2D eigenvalue weighted by atomic mass is 32.2. The van der Waals surface area contributed by atoms with Crippen molar-refractivity contribution in [3.63, 3.8) is 0 Å². The largest absolute Gasteiger partial charge is 0.240 e. The molecule has 1 aliphatic heterocycles. The molecule has 8 heteroatoms. The number of hydrogen-bond donors (Lipinski definition) is 1. The fraction of sp³-hybridized carbons (Fsp3) is 0.647. The van der Waals surface area contributed by atoms with Crippen molar-refractivity contribution in [1.29, 1.82) is 0 Å². The molecule has 25 heavy (non-hydrogen) atoms. The van der Waals surface area contributed by atoms with Gasteiger partial charge in [0.15, 0.2) is 0 Å². The van der Waals surface area contributed by atoms with Crippen LogP contribution < -0.4 is 4.72 Å². The van der Waals surface area contributed by atoms with Gasteiger partial charge in [-0.25, -0.2) is 25.9 Å². The molecular weight excluding hydrogens is 360 g/mol. The standard InChI is InChI=1S/C17H24N2O4S2/c20-24(21,14-4-2-1-3-5-14)18-16-8-9-17(16)10-12-19(13-11-17)25(22,23)15-6-7-15/h1-5,15-16,18H,6-13H2. The lowest BCUT2D eigenvalue weighted by atomic mass is 9.60. The van der Waals surface area contributed by atoms with Gasteiger partial charge < -0.3 is 0 Å². The Labute approximate surface area is 149 Å². The Bertz CT molecular complexity index is 840. The van der Waals surface area contributed by atoms with Gasteiger partial charge in [0.2, 0.25) is 20.0 Å². The number of hydrogen-bond acceptors (Lipinski definition) is 4. The van der Waals surface area contributed by atoms with Crippen LogP contribution in [-0.4, -0.2) is 45.5 Å². The van der Waals surface area contributed by atoms with E-state index in [9.17, 15) is 16.8 Å². The molecule has 1 heterocycles. The molecule has 0 radical (unpaired) electrons. The van der Waals surface area contributed by atoms with Crippen molar-refractivity contribution in [2.24, 2.45) is 5.41 Å². The maximum atomic E-state index is 12.6. The number of nitrogens with one attached hydrogen (secondary N) is 1. The minimum Gasteiger partial charge on any atom is -0.212 e. The molecule has 0 aromatic heterocycles. The fourth-order valence-corrected chi connectivity index (χ4v) is 7.34. The van der Waals surface area contributed by atoms with E-state index in [-0.39, 0.29) is 21.6 Å². The molecule has 0 bridgehead atoms. The highest BCUT2D eigenvalue weighted by Gasteiger charge is 2.52. The molecule has 138 valence electrons. The van der Waals surface area contributed by atoms with Crippen LogP contribution in [0.3, 0.4) is 0 Å². The summed E-state index contributed by atoms with van der Waals surface area (Å²) in [5.74, 6) is 0. The first-order chi connectivity index (χ1) is 11.8. The third-order valence-electron chi connectivity index (χ3n) is 6.04. The second kappa shape index (κ2) is 6.04. The summed E-state index contributed by atoms with van der Waals surface area (Å²) in [5, 5.41) is -0.171. The van der Waals surface area contributed by atoms with Crippen LogP contribution in [0.2, 0.25) is 0 Å². The first kappa shape index (κ1) is 17.5. The molecule has 1 atom stereocenters. The van der Waals surface area contributed by atoms with Gasteiger partial charge in [-0.15, -0.1) is 0 Å². The molecule has 2 saturated carbocycles. The van der Waals surface area contributed by atoms with Crippen molar-refractivity contribution >= 4 is 20.0 Å². The molecule has 4 rings (SSSR count). The van der Waals surface area contributed by atoms with Gasteiger partial charge in [0.05, 0.1) is 10.1 Å². The first-order valence-corrected chi connectivity index (χ1v) is 11.9. The van der Waals surface area contributed by atoms with Crippen molar-refractivity contribution < 1.29 is 16.8 Å². The van der Waals surface area contributed by atoms with E-state index < -0.39 is 20.0 Å². The van der Waals surface area contributed by atoms with Crippen LogP contribution in [0, 0.1) is 5.41 Å². The Balaban J connectivity index is 1.43. The molecular formula is C17H24N2O4S2. The summed E-state index contributed by atoms with van der Waals surface area (Å²) in [6.07, 6.45) is 4.82. The minimum absolute atomic E-state index is 0.0859. The van der Waals surface area contributed by atoms with Gasteiger partial charge in [0, 0.05) is 19.1 Å². The molecule has 1 aromatic carbocycles. The number of rotatable bonds is 5. The van der Waals surface area contributed by atoms with Gasteiger partial charge in [0.25, 0.3) is 0 Å². The van der Waals surface area contributed by atoms with E-state index >= 15 is 0 Å². The number of benzene rings is 1. The van der Waals surface area contributed by atoms with Gasteiger partial charge >= 0.3 is 0 Å². The van der Waals surface area contributed by atoms with E-state index in [0.717, 1.165) is 38.5 Å². The summed E-state index contributed by atoms with van der Waals surface area (Å²) in [6, 6.07) is 8.32. The van der Waals surface area contributed by atoms with Crippen LogP contribution in [0.4, 0.5) is 0 Å². The quantitative estimate of drug-likeness (QED) is 0.838. The van der Waals surface area contributed by atoms with Crippen molar-refractivity contribution in [1.82, 2.24) is 9.03 Å². The second-order valence-corrected chi connectivity index (χ2v) is 11.5. The summed E-state index contributed by atoms with van der Waals surface area (Å²) in [5.41, 5.74) is -0.0859. The highest BCUT2D eigenvalue weighted by Crippen LogP contribution is 2.50. The molecule has 3 fully saturated rings. The maximum Gasteiger partial charge on any atom is 0.240 e. The maximum absolute atomic E-state index is 12.6. The zero-order chi connectivity index (χ0) is 17.7. The van der Waals surface area contributed by atoms with E-state index in [4.69, 9.17) is 0 Å². The van der Waals surface area contributed by atoms with Crippen LogP contribution in [0.15, 0.2) is 35.2 Å². The summed E-state index contributed by atoms with van der Waals surface area (Å²) in [7, 11) is -6.65. The van der Waals surface area contributed by atoms with Crippen molar-refractivity contribution in [2.75, 3.05) is 13.1 Å². The van der Waals surface area contributed by atoms with Crippen LogP contribution >= 0.6 is 0 Å². The summed E-state index contributed by atoms with van der Waals surface area (Å²) < 4.78 is 54.4. The molecule has 0 amide bonds. The molecule has 6 nitrogen and oxygen atoms in total. The second-order valence-electron chi connectivity index (χ2n) is 7.53. The first-order valence-electron chi connectivity index (χ1n) is 8.90. The predicted molar refractivity (Wildman–Crippen MR) is 95.0 cm³/mol. The predicted octanol–water partition coefficient (Wildman–Crippen LogP) is 1.70. The van der Waals surface area contributed by atoms with Crippen molar-refractivity contribution in [3.05, 3.63) is 30.3 Å². The lowest BCUT2D eigenvalue weighted by molar-refractivity contribution is 0.0239. The average molecular weight is 385 g/mol. The minimum atomic E-state index is -3.52. The monoisotopic (exact) mass is 384 g/mol. The Kier molecular flexibility index (Phi) is 4.22.